The summed E-state index contributed by atoms with van der Waals surface area (Å²) in [6, 6.07) is 2.52. The van der Waals surface area contributed by atoms with Crippen molar-refractivity contribution < 1.29 is 18.3 Å². The van der Waals surface area contributed by atoms with Crippen LogP contribution in [0.25, 0.3) is 21.8 Å². The average molecular weight is 446 g/mol. The fourth-order valence-electron chi connectivity index (χ4n) is 3.75. The van der Waals surface area contributed by atoms with E-state index in [0.717, 1.165) is 0 Å². The first-order chi connectivity index (χ1) is 12.7. The molecule has 1 aliphatic rings. The van der Waals surface area contributed by atoms with E-state index >= 15 is 0 Å². The molecule has 0 aliphatic heterocycles. The summed E-state index contributed by atoms with van der Waals surface area (Å²) in [7, 11) is -3.75. The van der Waals surface area contributed by atoms with Crippen molar-refractivity contribution in [3.8, 4) is 0 Å². The Hall–Kier alpha value is -2.07. The Balaban J connectivity index is 0.00000225. The number of aromatic amines is 2. The van der Waals surface area contributed by atoms with Gasteiger partial charge in [0.15, 0.2) is 9.84 Å². The van der Waals surface area contributed by atoms with Crippen LogP contribution in [0.2, 0.25) is 5.02 Å². The van der Waals surface area contributed by atoms with Crippen LogP contribution < -0.4 is 11.3 Å². The predicted molar refractivity (Wildman–Crippen MR) is 108 cm³/mol. The van der Waals surface area contributed by atoms with Gasteiger partial charge in [0.1, 0.15) is 5.52 Å². The Morgan fingerprint density at radius 3 is 2.61 bits per heavy atom. The zero-order valence-corrected chi connectivity index (χ0v) is 16.7. The Kier molecular flexibility index (Phi) is 5.22. The first-order valence-corrected chi connectivity index (χ1v) is 10.2. The Labute approximate surface area is 170 Å². The van der Waals surface area contributed by atoms with Crippen molar-refractivity contribution in [2.45, 2.75) is 35.4 Å². The van der Waals surface area contributed by atoms with E-state index in [-0.39, 0.29) is 50.4 Å². The summed E-state index contributed by atoms with van der Waals surface area (Å²) in [5.41, 5.74) is 5.55. The van der Waals surface area contributed by atoms with Gasteiger partial charge >= 0.3 is 5.97 Å². The van der Waals surface area contributed by atoms with E-state index in [2.05, 4.69) is 9.97 Å². The van der Waals surface area contributed by atoms with Gasteiger partial charge in [-0.15, -0.1) is 12.4 Å². The minimum atomic E-state index is -3.75. The molecule has 2 aromatic heterocycles. The highest BCUT2D eigenvalue weighted by Gasteiger charge is 2.35. The van der Waals surface area contributed by atoms with E-state index in [1.807, 2.05) is 0 Å². The Bertz CT molecular complexity index is 1270. The van der Waals surface area contributed by atoms with Crippen LogP contribution in [0.3, 0.4) is 0 Å². The number of nitrogens with two attached hydrogens (primary N) is 1. The van der Waals surface area contributed by atoms with Gasteiger partial charge in [-0.3, -0.25) is 4.79 Å². The lowest BCUT2D eigenvalue weighted by Gasteiger charge is -2.14. The van der Waals surface area contributed by atoms with Crippen LogP contribution in [0.1, 0.15) is 29.6 Å². The van der Waals surface area contributed by atoms with Crippen LogP contribution in [0.4, 0.5) is 0 Å². The Morgan fingerprint density at radius 1 is 1.29 bits per heavy atom. The minimum absolute atomic E-state index is 0. The third-order valence-electron chi connectivity index (χ3n) is 5.10. The maximum Gasteiger partial charge on any atom is 0.337 e. The van der Waals surface area contributed by atoms with Crippen molar-refractivity contribution in [1.29, 1.82) is 0 Å². The summed E-state index contributed by atoms with van der Waals surface area (Å²) in [6.45, 7) is 0. The van der Waals surface area contributed by atoms with Gasteiger partial charge in [0.2, 0.25) is 0 Å². The SMILES string of the molecule is Cl.NC1CCC(S(=O)(=O)c2cc3c(cc2Cl)[nH]c(=O)c2[nH]cc(C(=O)O)c23)C1. The van der Waals surface area contributed by atoms with E-state index in [9.17, 15) is 23.1 Å². The molecule has 2 atom stereocenters. The lowest BCUT2D eigenvalue weighted by Crippen LogP contribution is -2.22. The molecule has 8 nitrogen and oxygen atoms in total. The van der Waals surface area contributed by atoms with Gasteiger partial charge < -0.3 is 20.8 Å². The second kappa shape index (κ2) is 7.07. The van der Waals surface area contributed by atoms with Crippen molar-refractivity contribution in [3.05, 3.63) is 39.3 Å². The molecule has 1 fully saturated rings. The van der Waals surface area contributed by atoms with Crippen LogP contribution in [-0.2, 0) is 9.84 Å². The molecule has 2 unspecified atom stereocenters. The highest BCUT2D eigenvalue weighted by molar-refractivity contribution is 7.92. The lowest BCUT2D eigenvalue weighted by atomic mass is 10.1. The van der Waals surface area contributed by atoms with Crippen LogP contribution >= 0.6 is 24.0 Å². The first-order valence-electron chi connectivity index (χ1n) is 8.29. The molecular weight excluding hydrogens is 429 g/mol. The summed E-state index contributed by atoms with van der Waals surface area (Å²) in [6.07, 6.45) is 2.62. The largest absolute Gasteiger partial charge is 0.478 e. The van der Waals surface area contributed by atoms with Crippen LogP contribution in [0, 0.1) is 0 Å². The molecule has 1 aromatic carbocycles. The van der Waals surface area contributed by atoms with Crippen molar-refractivity contribution in [2.24, 2.45) is 5.73 Å². The highest BCUT2D eigenvalue weighted by atomic mass is 35.5. The number of H-pyrrole nitrogens is 2. The molecule has 1 aliphatic carbocycles. The normalized spacial score (nSPS) is 19.8. The van der Waals surface area contributed by atoms with Gasteiger partial charge in [-0.1, -0.05) is 11.6 Å². The smallest absolute Gasteiger partial charge is 0.337 e. The van der Waals surface area contributed by atoms with Gasteiger partial charge in [0, 0.05) is 23.0 Å². The molecular formula is C17H17Cl2N3O5S. The molecule has 4 rings (SSSR count). The molecule has 150 valence electrons. The molecule has 3 aromatic rings. The van der Waals surface area contributed by atoms with E-state index in [4.69, 9.17) is 17.3 Å². The van der Waals surface area contributed by atoms with Gasteiger partial charge in [0.05, 0.1) is 26.2 Å². The number of carboxylic acid groups (broad SMARTS) is 1. The average Bonchev–Trinajstić information content (AvgIpc) is 3.21. The van der Waals surface area contributed by atoms with E-state index in [1.54, 1.807) is 0 Å². The zero-order valence-electron chi connectivity index (χ0n) is 14.4. The number of halogens is 2. The monoisotopic (exact) mass is 445 g/mol. The third kappa shape index (κ3) is 3.08. The number of fused-ring (bicyclic) bond motifs is 3. The van der Waals surface area contributed by atoms with E-state index < -0.39 is 26.6 Å². The number of pyridine rings is 1. The molecule has 0 amide bonds. The molecule has 5 N–H and O–H groups in total. The lowest BCUT2D eigenvalue weighted by molar-refractivity contribution is 0.0699. The predicted octanol–water partition coefficient (Wildman–Crippen LogP) is 2.44. The maximum atomic E-state index is 13.1. The minimum Gasteiger partial charge on any atom is -0.478 e. The fourth-order valence-corrected chi connectivity index (χ4v) is 6.16. The molecule has 0 spiro atoms. The number of hydrogen-bond acceptors (Lipinski definition) is 5. The molecule has 11 heteroatoms. The second-order valence-corrected chi connectivity index (χ2v) is 9.38. The van der Waals surface area contributed by atoms with Crippen molar-refractivity contribution in [1.82, 2.24) is 9.97 Å². The number of hydrogen-bond donors (Lipinski definition) is 4. The van der Waals surface area contributed by atoms with Gasteiger partial charge in [-0.05, 0) is 31.4 Å². The third-order valence-corrected chi connectivity index (χ3v) is 7.78. The number of carbonyl (C=O) groups is 1. The highest BCUT2D eigenvalue weighted by Crippen LogP contribution is 2.36. The fraction of sp³-hybridized carbons (Fsp3) is 0.294. The number of nitrogens with one attached hydrogen (secondary N) is 2. The van der Waals surface area contributed by atoms with Crippen LogP contribution in [0.5, 0.6) is 0 Å². The molecule has 0 saturated heterocycles. The number of aromatic carboxylic acids is 1. The topological polar surface area (TPSA) is 146 Å². The first kappa shape index (κ1) is 20.7. The number of benzene rings is 1. The summed E-state index contributed by atoms with van der Waals surface area (Å²) in [5.74, 6) is -1.23. The number of aromatic nitrogens is 2. The van der Waals surface area contributed by atoms with Crippen molar-refractivity contribution >= 4 is 61.6 Å². The molecule has 2 heterocycles. The molecule has 28 heavy (non-hydrogen) atoms. The standard InChI is InChI=1S/C17H16ClN3O5S.ClH/c18-11-5-12-9(4-13(11)27(25,26)8-2-1-7(19)3-8)14-10(17(23)24)6-20-15(14)16(22)21-12;/h4-8,20H,1-3,19H2,(H,21,22)(H,23,24);1H. The maximum absolute atomic E-state index is 13.1. The van der Waals surface area contributed by atoms with E-state index in [0.29, 0.717) is 24.6 Å². The van der Waals surface area contributed by atoms with E-state index in [1.165, 1.54) is 18.3 Å². The van der Waals surface area contributed by atoms with Gasteiger partial charge in [-0.25, -0.2) is 13.2 Å². The number of sulfone groups is 1. The summed E-state index contributed by atoms with van der Waals surface area (Å²) in [4.78, 5) is 28.9. The van der Waals surface area contributed by atoms with Crippen molar-refractivity contribution in [2.75, 3.05) is 0 Å². The molecule has 1 saturated carbocycles. The number of carboxylic acids is 1. The van der Waals surface area contributed by atoms with Gasteiger partial charge in [-0.2, -0.15) is 0 Å². The summed E-state index contributed by atoms with van der Waals surface area (Å²) < 4.78 is 26.1. The quantitative estimate of drug-likeness (QED) is 0.486. The zero-order chi connectivity index (χ0) is 19.5. The summed E-state index contributed by atoms with van der Waals surface area (Å²) >= 11 is 6.23. The van der Waals surface area contributed by atoms with Crippen LogP contribution in [0.15, 0.2) is 28.0 Å². The summed E-state index contributed by atoms with van der Waals surface area (Å²) in [5, 5.41) is 9.21. The van der Waals surface area contributed by atoms with Crippen LogP contribution in [-0.4, -0.2) is 40.8 Å². The molecule has 0 bridgehead atoms. The van der Waals surface area contributed by atoms with Gasteiger partial charge in [0.25, 0.3) is 5.56 Å². The Morgan fingerprint density at radius 2 is 2.00 bits per heavy atom. The second-order valence-electron chi connectivity index (χ2n) is 6.78. The van der Waals surface area contributed by atoms with Crippen molar-refractivity contribution in [3.63, 3.8) is 0 Å². The number of rotatable bonds is 3. The molecule has 0 radical (unpaired) electrons.